The van der Waals surface area contributed by atoms with E-state index in [1.54, 1.807) is 0 Å². The number of benzene rings is 1. The van der Waals surface area contributed by atoms with E-state index in [1.807, 2.05) is 0 Å². The Morgan fingerprint density at radius 1 is 1.08 bits per heavy atom. The van der Waals surface area contributed by atoms with Crippen LogP contribution in [0.2, 0.25) is 0 Å². The number of rotatable bonds is 0. The van der Waals surface area contributed by atoms with Crippen molar-refractivity contribution in [2.75, 3.05) is 0 Å². The Morgan fingerprint density at radius 2 is 1.83 bits per heavy atom. The van der Waals surface area contributed by atoms with E-state index in [9.17, 15) is 0 Å². The minimum atomic E-state index is 1.13. The summed E-state index contributed by atoms with van der Waals surface area (Å²) in [5.41, 5.74) is 7.30. The van der Waals surface area contributed by atoms with Crippen LogP contribution in [0.3, 0.4) is 0 Å². The first-order valence-corrected chi connectivity index (χ1v) is 4.46. The van der Waals surface area contributed by atoms with Crippen LogP contribution in [-0.4, -0.2) is 0 Å². The van der Waals surface area contributed by atoms with Gasteiger partial charge in [-0.25, -0.2) is 0 Å². The number of hydrogen-bond acceptors (Lipinski definition) is 0. The molecule has 0 atom stereocenters. The van der Waals surface area contributed by atoms with Crippen molar-refractivity contribution < 1.29 is 0 Å². The second-order valence-corrected chi connectivity index (χ2v) is 3.63. The third-order valence-electron chi connectivity index (χ3n) is 2.84. The molecule has 1 aliphatic carbocycles. The van der Waals surface area contributed by atoms with Crippen LogP contribution in [0.1, 0.15) is 29.2 Å². The van der Waals surface area contributed by atoms with E-state index in [0.29, 0.717) is 0 Å². The molecule has 0 saturated carbocycles. The largest absolute Gasteiger partial charge is 0.0766 e. The van der Waals surface area contributed by atoms with Crippen LogP contribution in [0.4, 0.5) is 0 Å². The van der Waals surface area contributed by atoms with Gasteiger partial charge in [-0.05, 0) is 55.0 Å². The highest BCUT2D eigenvalue weighted by molar-refractivity contribution is 5.74. The van der Waals surface area contributed by atoms with E-state index < -0.39 is 0 Å². The average molecular weight is 158 g/mol. The highest BCUT2D eigenvalue weighted by Gasteiger charge is 2.13. The third-order valence-corrected chi connectivity index (χ3v) is 2.84. The lowest BCUT2D eigenvalue weighted by Gasteiger charge is -2.08. The van der Waals surface area contributed by atoms with Gasteiger partial charge in [0, 0.05) is 0 Å². The predicted molar refractivity (Wildman–Crippen MR) is 53.3 cm³/mol. The fourth-order valence-corrected chi connectivity index (χ4v) is 1.96. The van der Waals surface area contributed by atoms with Gasteiger partial charge in [-0.15, -0.1) is 0 Å². The standard InChI is InChI=1S/C12H14/c1-8-4-6-11-7-5-9(2)12(11)10(8)3/h4-6H,7H2,1-3H3. The number of allylic oxidation sites excluding steroid dienone is 2. The van der Waals surface area contributed by atoms with Gasteiger partial charge in [-0.2, -0.15) is 0 Å². The van der Waals surface area contributed by atoms with Crippen LogP contribution >= 0.6 is 0 Å². The Bertz CT molecular complexity index is 357. The normalized spacial score (nSPS) is 14.4. The quantitative estimate of drug-likeness (QED) is 0.543. The highest BCUT2D eigenvalue weighted by Crippen LogP contribution is 2.31. The van der Waals surface area contributed by atoms with Crippen LogP contribution in [-0.2, 0) is 6.42 Å². The van der Waals surface area contributed by atoms with Crippen molar-refractivity contribution in [1.82, 2.24) is 0 Å². The van der Waals surface area contributed by atoms with E-state index in [1.165, 1.54) is 27.8 Å². The summed E-state index contributed by atoms with van der Waals surface area (Å²) in [7, 11) is 0. The molecule has 0 saturated heterocycles. The fourth-order valence-electron chi connectivity index (χ4n) is 1.96. The lowest BCUT2D eigenvalue weighted by atomic mass is 9.97. The Morgan fingerprint density at radius 3 is 2.58 bits per heavy atom. The van der Waals surface area contributed by atoms with Crippen molar-refractivity contribution >= 4 is 5.57 Å². The molecule has 2 rings (SSSR count). The number of aryl methyl sites for hydroxylation is 1. The van der Waals surface area contributed by atoms with Crippen molar-refractivity contribution in [1.29, 1.82) is 0 Å². The first-order chi connectivity index (χ1) is 5.70. The predicted octanol–water partition coefficient (Wildman–Crippen LogP) is 3.26. The van der Waals surface area contributed by atoms with Crippen LogP contribution in [0.15, 0.2) is 18.2 Å². The van der Waals surface area contributed by atoms with Gasteiger partial charge in [-0.3, -0.25) is 0 Å². The third kappa shape index (κ3) is 0.911. The van der Waals surface area contributed by atoms with Gasteiger partial charge in [0.05, 0.1) is 0 Å². The van der Waals surface area contributed by atoms with Crippen molar-refractivity contribution in [3.05, 3.63) is 40.5 Å². The van der Waals surface area contributed by atoms with E-state index >= 15 is 0 Å². The summed E-state index contributed by atoms with van der Waals surface area (Å²) in [6.45, 7) is 6.61. The first kappa shape index (κ1) is 7.60. The molecule has 1 aromatic rings. The minimum Gasteiger partial charge on any atom is -0.0766 e. The maximum atomic E-state index is 2.32. The van der Waals surface area contributed by atoms with Gasteiger partial charge in [0.15, 0.2) is 0 Å². The summed E-state index contributed by atoms with van der Waals surface area (Å²) in [6.07, 6.45) is 3.44. The Labute approximate surface area is 73.9 Å². The van der Waals surface area contributed by atoms with Gasteiger partial charge >= 0.3 is 0 Å². The fraction of sp³-hybridized carbons (Fsp3) is 0.333. The van der Waals surface area contributed by atoms with E-state index in [0.717, 1.165) is 6.42 Å². The van der Waals surface area contributed by atoms with Crippen molar-refractivity contribution in [2.45, 2.75) is 27.2 Å². The molecular formula is C12H14. The highest BCUT2D eigenvalue weighted by atomic mass is 14.2. The molecule has 0 N–H and O–H groups in total. The van der Waals surface area contributed by atoms with Gasteiger partial charge in [-0.1, -0.05) is 18.2 Å². The molecule has 0 aromatic heterocycles. The summed E-state index contributed by atoms with van der Waals surface area (Å²) >= 11 is 0. The van der Waals surface area contributed by atoms with E-state index in [2.05, 4.69) is 39.0 Å². The molecule has 0 fully saturated rings. The monoisotopic (exact) mass is 158 g/mol. The molecule has 0 heterocycles. The van der Waals surface area contributed by atoms with Crippen LogP contribution < -0.4 is 0 Å². The molecule has 0 aliphatic heterocycles. The second kappa shape index (κ2) is 2.48. The van der Waals surface area contributed by atoms with Gasteiger partial charge in [0.2, 0.25) is 0 Å². The Hall–Kier alpha value is -1.04. The lowest BCUT2D eigenvalue weighted by Crippen LogP contribution is -1.91. The molecule has 0 spiro atoms. The molecule has 62 valence electrons. The Balaban J connectivity index is 2.70. The molecular weight excluding hydrogens is 144 g/mol. The van der Waals surface area contributed by atoms with Crippen molar-refractivity contribution in [3.63, 3.8) is 0 Å². The summed E-state index contributed by atoms with van der Waals surface area (Å²) < 4.78 is 0. The minimum absolute atomic E-state index is 1.13. The van der Waals surface area contributed by atoms with Crippen LogP contribution in [0, 0.1) is 13.8 Å². The zero-order valence-corrected chi connectivity index (χ0v) is 7.94. The number of fused-ring (bicyclic) bond motifs is 1. The van der Waals surface area contributed by atoms with Crippen molar-refractivity contribution in [2.24, 2.45) is 0 Å². The Kier molecular flexibility index (Phi) is 1.57. The maximum Gasteiger partial charge on any atom is -0.00854 e. The molecule has 0 bridgehead atoms. The van der Waals surface area contributed by atoms with Gasteiger partial charge < -0.3 is 0 Å². The smallest absolute Gasteiger partial charge is 0.00854 e. The van der Waals surface area contributed by atoms with Crippen molar-refractivity contribution in [3.8, 4) is 0 Å². The summed E-state index contributed by atoms with van der Waals surface area (Å²) in [5.74, 6) is 0. The summed E-state index contributed by atoms with van der Waals surface area (Å²) in [6, 6.07) is 4.48. The molecule has 0 unspecified atom stereocenters. The zero-order valence-electron chi connectivity index (χ0n) is 7.94. The average Bonchev–Trinajstić information content (AvgIpc) is 2.41. The molecule has 12 heavy (non-hydrogen) atoms. The van der Waals surface area contributed by atoms with E-state index in [-0.39, 0.29) is 0 Å². The van der Waals surface area contributed by atoms with Gasteiger partial charge in [0.1, 0.15) is 0 Å². The second-order valence-electron chi connectivity index (χ2n) is 3.63. The van der Waals surface area contributed by atoms with Crippen LogP contribution in [0.5, 0.6) is 0 Å². The molecule has 0 amide bonds. The zero-order chi connectivity index (χ0) is 8.72. The molecule has 0 heteroatoms. The number of hydrogen-bond donors (Lipinski definition) is 0. The molecule has 1 aromatic carbocycles. The van der Waals surface area contributed by atoms with Gasteiger partial charge in [0.25, 0.3) is 0 Å². The SMILES string of the molecule is CC1=CCc2ccc(C)c(C)c21. The summed E-state index contributed by atoms with van der Waals surface area (Å²) in [5, 5.41) is 0. The molecule has 0 nitrogen and oxygen atoms in total. The van der Waals surface area contributed by atoms with E-state index in [4.69, 9.17) is 0 Å². The van der Waals surface area contributed by atoms with Crippen LogP contribution in [0.25, 0.3) is 5.57 Å². The maximum absolute atomic E-state index is 2.32. The first-order valence-electron chi connectivity index (χ1n) is 4.46. The topological polar surface area (TPSA) is 0 Å². The molecule has 1 aliphatic rings. The molecule has 0 radical (unpaired) electrons. The lowest BCUT2D eigenvalue weighted by molar-refractivity contribution is 1.24. The summed E-state index contributed by atoms with van der Waals surface area (Å²) in [4.78, 5) is 0.